The van der Waals surface area contributed by atoms with Gasteiger partial charge < -0.3 is 15.1 Å². The van der Waals surface area contributed by atoms with Crippen molar-refractivity contribution in [3.05, 3.63) is 24.2 Å². The normalized spacial score (nSPS) is 10.4. The Hall–Kier alpha value is -1.29. The minimum atomic E-state index is 0.0596. The van der Waals surface area contributed by atoms with E-state index in [1.54, 1.807) is 6.26 Å². The van der Waals surface area contributed by atoms with E-state index in [9.17, 15) is 4.79 Å². The summed E-state index contributed by atoms with van der Waals surface area (Å²) in [6, 6.07) is 3.67. The van der Waals surface area contributed by atoms with E-state index in [-0.39, 0.29) is 5.91 Å². The molecule has 0 fully saturated rings. The molecule has 2 N–H and O–H groups in total. The highest BCUT2D eigenvalue weighted by Crippen LogP contribution is 1.98. The summed E-state index contributed by atoms with van der Waals surface area (Å²) >= 11 is 0. The zero-order valence-corrected chi connectivity index (χ0v) is 10.5. The molecule has 0 aliphatic carbocycles. The molecule has 96 valence electrons. The molecule has 17 heavy (non-hydrogen) atoms. The average molecular weight is 238 g/mol. The number of hydrogen-bond acceptors (Lipinski definition) is 3. The summed E-state index contributed by atoms with van der Waals surface area (Å²) in [6.07, 6.45) is 5.79. The molecule has 0 saturated carbocycles. The maximum atomic E-state index is 11.4. The maximum Gasteiger partial charge on any atom is 0.221 e. The number of hydrogen-bond donors (Lipinski definition) is 2. The van der Waals surface area contributed by atoms with Crippen molar-refractivity contribution in [2.24, 2.45) is 0 Å². The zero-order chi connectivity index (χ0) is 12.3. The van der Waals surface area contributed by atoms with Crippen molar-refractivity contribution in [3.63, 3.8) is 0 Å². The zero-order valence-electron chi connectivity index (χ0n) is 10.5. The fourth-order valence-corrected chi connectivity index (χ4v) is 1.51. The third-order valence-electron chi connectivity index (χ3n) is 2.53. The van der Waals surface area contributed by atoms with Gasteiger partial charge in [0.15, 0.2) is 0 Å². The lowest BCUT2D eigenvalue weighted by Gasteiger charge is -2.05. The fourth-order valence-electron chi connectivity index (χ4n) is 1.51. The summed E-state index contributed by atoms with van der Waals surface area (Å²) in [6.45, 7) is 4.40. The number of unbranched alkanes of at least 4 members (excludes halogenated alkanes) is 2. The van der Waals surface area contributed by atoms with Gasteiger partial charge >= 0.3 is 0 Å². The van der Waals surface area contributed by atoms with Gasteiger partial charge in [0.2, 0.25) is 5.91 Å². The highest BCUT2D eigenvalue weighted by atomic mass is 16.3. The van der Waals surface area contributed by atoms with Gasteiger partial charge in [-0.25, -0.2) is 0 Å². The standard InChI is InChI=1S/C13H22N2O2/c1-2-3-4-8-14-9-7-13(16)15-11-12-6-5-10-17-12/h5-6,10,14H,2-4,7-9,11H2,1H3,(H,15,16). The predicted octanol–water partition coefficient (Wildman–Crippen LogP) is 2.07. The third kappa shape index (κ3) is 6.79. The Morgan fingerprint density at radius 2 is 2.24 bits per heavy atom. The molecule has 1 aromatic rings. The van der Waals surface area contributed by atoms with Crippen LogP contribution in [0.15, 0.2) is 22.8 Å². The van der Waals surface area contributed by atoms with E-state index in [4.69, 9.17) is 4.42 Å². The van der Waals surface area contributed by atoms with Crippen molar-refractivity contribution < 1.29 is 9.21 Å². The Kier molecular flexibility index (Phi) is 7.14. The minimum absolute atomic E-state index is 0.0596. The van der Waals surface area contributed by atoms with E-state index < -0.39 is 0 Å². The minimum Gasteiger partial charge on any atom is -0.467 e. The van der Waals surface area contributed by atoms with E-state index in [0.717, 1.165) is 18.8 Å². The molecule has 0 spiro atoms. The first-order valence-corrected chi connectivity index (χ1v) is 6.32. The third-order valence-corrected chi connectivity index (χ3v) is 2.53. The first-order chi connectivity index (χ1) is 8.33. The van der Waals surface area contributed by atoms with Crippen LogP contribution in [0.1, 0.15) is 38.4 Å². The van der Waals surface area contributed by atoms with Gasteiger partial charge in [0.05, 0.1) is 12.8 Å². The van der Waals surface area contributed by atoms with E-state index in [1.165, 1.54) is 19.3 Å². The lowest BCUT2D eigenvalue weighted by atomic mass is 10.2. The Morgan fingerprint density at radius 1 is 1.35 bits per heavy atom. The molecule has 1 aromatic heterocycles. The highest BCUT2D eigenvalue weighted by molar-refractivity contribution is 5.75. The van der Waals surface area contributed by atoms with Crippen molar-refractivity contribution >= 4 is 5.91 Å². The molecule has 0 aliphatic heterocycles. The molecule has 0 atom stereocenters. The summed E-state index contributed by atoms with van der Waals surface area (Å²) in [7, 11) is 0. The lowest BCUT2D eigenvalue weighted by Crippen LogP contribution is -2.27. The van der Waals surface area contributed by atoms with Crippen LogP contribution in [0.4, 0.5) is 0 Å². The Labute approximate surface area is 103 Å². The molecule has 1 rings (SSSR count). The van der Waals surface area contributed by atoms with Crippen LogP contribution in [0.2, 0.25) is 0 Å². The molecular weight excluding hydrogens is 216 g/mol. The van der Waals surface area contributed by atoms with Crippen molar-refractivity contribution in [3.8, 4) is 0 Å². The number of carbonyl (C=O) groups is 1. The van der Waals surface area contributed by atoms with Gasteiger partial charge in [-0.15, -0.1) is 0 Å². The number of nitrogens with one attached hydrogen (secondary N) is 2. The largest absolute Gasteiger partial charge is 0.467 e. The van der Waals surface area contributed by atoms with Gasteiger partial charge in [-0.05, 0) is 25.1 Å². The van der Waals surface area contributed by atoms with E-state index in [1.807, 2.05) is 12.1 Å². The Morgan fingerprint density at radius 3 is 2.94 bits per heavy atom. The number of amides is 1. The van der Waals surface area contributed by atoms with Crippen molar-refractivity contribution in [1.82, 2.24) is 10.6 Å². The van der Waals surface area contributed by atoms with E-state index in [2.05, 4.69) is 17.6 Å². The topological polar surface area (TPSA) is 54.3 Å². The van der Waals surface area contributed by atoms with Crippen LogP contribution in [0.5, 0.6) is 0 Å². The first-order valence-electron chi connectivity index (χ1n) is 6.32. The molecule has 1 amide bonds. The monoisotopic (exact) mass is 238 g/mol. The van der Waals surface area contributed by atoms with Crippen LogP contribution >= 0.6 is 0 Å². The fraction of sp³-hybridized carbons (Fsp3) is 0.615. The van der Waals surface area contributed by atoms with Crippen LogP contribution in [-0.4, -0.2) is 19.0 Å². The lowest BCUT2D eigenvalue weighted by molar-refractivity contribution is -0.121. The average Bonchev–Trinajstić information content (AvgIpc) is 2.84. The summed E-state index contributed by atoms with van der Waals surface area (Å²) in [5.41, 5.74) is 0. The first kappa shape index (κ1) is 13.8. The van der Waals surface area contributed by atoms with Crippen LogP contribution in [0, 0.1) is 0 Å². The summed E-state index contributed by atoms with van der Waals surface area (Å²) in [5, 5.41) is 6.07. The van der Waals surface area contributed by atoms with Gasteiger partial charge in [-0.3, -0.25) is 4.79 Å². The van der Waals surface area contributed by atoms with Gasteiger partial charge in [-0.1, -0.05) is 19.8 Å². The SMILES string of the molecule is CCCCCNCCC(=O)NCc1ccco1. The molecule has 0 radical (unpaired) electrons. The Bertz CT molecular complexity index is 296. The van der Waals surface area contributed by atoms with Crippen molar-refractivity contribution in [1.29, 1.82) is 0 Å². The molecule has 0 bridgehead atoms. The number of carbonyl (C=O) groups excluding carboxylic acids is 1. The summed E-state index contributed by atoms with van der Waals surface area (Å²) in [4.78, 5) is 11.4. The second kappa shape index (κ2) is 8.82. The van der Waals surface area contributed by atoms with Crippen LogP contribution in [-0.2, 0) is 11.3 Å². The van der Waals surface area contributed by atoms with Gasteiger partial charge in [-0.2, -0.15) is 0 Å². The van der Waals surface area contributed by atoms with Gasteiger partial charge in [0.25, 0.3) is 0 Å². The molecule has 4 nitrogen and oxygen atoms in total. The van der Waals surface area contributed by atoms with Crippen molar-refractivity contribution in [2.75, 3.05) is 13.1 Å². The number of furan rings is 1. The van der Waals surface area contributed by atoms with Gasteiger partial charge in [0, 0.05) is 13.0 Å². The molecule has 0 saturated heterocycles. The summed E-state index contributed by atoms with van der Waals surface area (Å²) in [5.74, 6) is 0.846. The molecular formula is C13H22N2O2. The molecule has 1 heterocycles. The van der Waals surface area contributed by atoms with E-state index in [0.29, 0.717) is 13.0 Å². The molecule has 0 aromatic carbocycles. The second-order valence-corrected chi connectivity index (χ2v) is 4.06. The Balaban J connectivity index is 1.94. The van der Waals surface area contributed by atoms with E-state index >= 15 is 0 Å². The van der Waals surface area contributed by atoms with Crippen LogP contribution < -0.4 is 10.6 Å². The maximum absolute atomic E-state index is 11.4. The number of rotatable bonds is 9. The molecule has 0 aliphatic rings. The quantitative estimate of drug-likeness (QED) is 0.647. The highest BCUT2D eigenvalue weighted by Gasteiger charge is 2.01. The summed E-state index contributed by atoms with van der Waals surface area (Å²) < 4.78 is 5.12. The van der Waals surface area contributed by atoms with Crippen LogP contribution in [0.25, 0.3) is 0 Å². The predicted molar refractivity (Wildman–Crippen MR) is 67.6 cm³/mol. The van der Waals surface area contributed by atoms with Crippen molar-refractivity contribution in [2.45, 2.75) is 39.2 Å². The molecule has 0 unspecified atom stereocenters. The van der Waals surface area contributed by atoms with Gasteiger partial charge in [0.1, 0.15) is 5.76 Å². The molecule has 4 heteroatoms. The van der Waals surface area contributed by atoms with Crippen LogP contribution in [0.3, 0.4) is 0 Å². The second-order valence-electron chi connectivity index (χ2n) is 4.06. The smallest absolute Gasteiger partial charge is 0.221 e.